The standard InChI is InChI=1S/C12H20N4O/c1-12(2,3)4-9(5-13)11(17)16-10-6-14-8-15-7-10/h6-9H,4-5,13H2,1-3H3,(H,16,17). The highest BCUT2D eigenvalue weighted by Crippen LogP contribution is 2.24. The smallest absolute Gasteiger partial charge is 0.228 e. The predicted molar refractivity (Wildman–Crippen MR) is 67.3 cm³/mol. The number of nitrogens with two attached hydrogens (primary N) is 1. The van der Waals surface area contributed by atoms with E-state index in [1.807, 2.05) is 0 Å². The van der Waals surface area contributed by atoms with Crippen molar-refractivity contribution in [3.63, 3.8) is 0 Å². The molecule has 0 aliphatic carbocycles. The minimum absolute atomic E-state index is 0.0720. The Bertz CT molecular complexity index is 359. The van der Waals surface area contributed by atoms with Gasteiger partial charge >= 0.3 is 0 Å². The molecule has 0 saturated heterocycles. The van der Waals surface area contributed by atoms with E-state index >= 15 is 0 Å². The van der Waals surface area contributed by atoms with Gasteiger partial charge in [0.2, 0.25) is 5.91 Å². The molecule has 1 heterocycles. The first kappa shape index (κ1) is 13.6. The highest BCUT2D eigenvalue weighted by Gasteiger charge is 2.23. The highest BCUT2D eigenvalue weighted by atomic mass is 16.1. The van der Waals surface area contributed by atoms with E-state index in [-0.39, 0.29) is 17.2 Å². The topological polar surface area (TPSA) is 80.9 Å². The molecule has 94 valence electrons. The average Bonchev–Trinajstić information content (AvgIpc) is 2.26. The number of nitrogens with one attached hydrogen (secondary N) is 1. The van der Waals surface area contributed by atoms with Crippen molar-refractivity contribution < 1.29 is 4.79 Å². The zero-order valence-electron chi connectivity index (χ0n) is 10.6. The Kier molecular flexibility index (Phi) is 4.57. The molecule has 1 aromatic heterocycles. The lowest BCUT2D eigenvalue weighted by atomic mass is 9.84. The Morgan fingerprint density at radius 2 is 2.00 bits per heavy atom. The number of hydrogen-bond acceptors (Lipinski definition) is 4. The van der Waals surface area contributed by atoms with Gasteiger partial charge in [0.1, 0.15) is 6.33 Å². The van der Waals surface area contributed by atoms with Crippen LogP contribution < -0.4 is 11.1 Å². The van der Waals surface area contributed by atoms with Crippen molar-refractivity contribution in [2.75, 3.05) is 11.9 Å². The van der Waals surface area contributed by atoms with E-state index in [1.54, 1.807) is 12.4 Å². The zero-order valence-corrected chi connectivity index (χ0v) is 10.6. The molecule has 1 atom stereocenters. The molecule has 5 heteroatoms. The second-order valence-electron chi connectivity index (χ2n) is 5.31. The van der Waals surface area contributed by atoms with E-state index in [1.165, 1.54) is 6.33 Å². The maximum absolute atomic E-state index is 12.0. The van der Waals surface area contributed by atoms with Crippen LogP contribution in [0.1, 0.15) is 27.2 Å². The van der Waals surface area contributed by atoms with Gasteiger partial charge < -0.3 is 11.1 Å². The summed E-state index contributed by atoms with van der Waals surface area (Å²) in [5, 5.41) is 2.77. The fourth-order valence-electron chi connectivity index (χ4n) is 1.63. The van der Waals surface area contributed by atoms with Crippen molar-refractivity contribution in [2.24, 2.45) is 17.1 Å². The Hall–Kier alpha value is -1.49. The third-order valence-corrected chi connectivity index (χ3v) is 2.34. The van der Waals surface area contributed by atoms with Gasteiger partial charge in [0.05, 0.1) is 24.0 Å². The molecule has 0 fully saturated rings. The molecule has 0 spiro atoms. The van der Waals surface area contributed by atoms with E-state index in [0.29, 0.717) is 12.2 Å². The second kappa shape index (κ2) is 5.72. The number of aromatic nitrogens is 2. The number of anilines is 1. The first-order valence-electron chi connectivity index (χ1n) is 5.68. The van der Waals surface area contributed by atoms with E-state index in [2.05, 4.69) is 36.1 Å². The highest BCUT2D eigenvalue weighted by molar-refractivity contribution is 5.92. The third-order valence-electron chi connectivity index (χ3n) is 2.34. The van der Waals surface area contributed by atoms with Gasteiger partial charge in [0, 0.05) is 6.54 Å². The molecule has 0 aliphatic rings. The Morgan fingerprint density at radius 1 is 1.41 bits per heavy atom. The van der Waals surface area contributed by atoms with E-state index in [0.717, 1.165) is 6.42 Å². The molecular weight excluding hydrogens is 216 g/mol. The summed E-state index contributed by atoms with van der Waals surface area (Å²) in [6.07, 6.45) is 5.30. The Balaban J connectivity index is 2.62. The van der Waals surface area contributed by atoms with Gasteiger partial charge in [-0.25, -0.2) is 9.97 Å². The van der Waals surface area contributed by atoms with Crippen molar-refractivity contribution in [1.29, 1.82) is 0 Å². The van der Waals surface area contributed by atoms with Crippen molar-refractivity contribution in [1.82, 2.24) is 9.97 Å². The monoisotopic (exact) mass is 236 g/mol. The minimum Gasteiger partial charge on any atom is -0.330 e. The van der Waals surface area contributed by atoms with Crippen LogP contribution in [0, 0.1) is 11.3 Å². The third kappa shape index (κ3) is 4.91. The van der Waals surface area contributed by atoms with Crippen LogP contribution in [-0.4, -0.2) is 22.4 Å². The van der Waals surface area contributed by atoms with Crippen LogP contribution >= 0.6 is 0 Å². The summed E-state index contributed by atoms with van der Waals surface area (Å²) in [5.41, 5.74) is 6.32. The summed E-state index contributed by atoms with van der Waals surface area (Å²) in [6, 6.07) is 0. The summed E-state index contributed by atoms with van der Waals surface area (Å²) >= 11 is 0. The minimum atomic E-state index is -0.185. The number of rotatable bonds is 4. The SMILES string of the molecule is CC(C)(C)CC(CN)C(=O)Nc1cncnc1. The summed E-state index contributed by atoms with van der Waals surface area (Å²) in [4.78, 5) is 19.7. The molecule has 0 aliphatic heterocycles. The lowest BCUT2D eigenvalue weighted by Gasteiger charge is -2.24. The zero-order chi connectivity index (χ0) is 12.9. The van der Waals surface area contributed by atoms with Crippen LogP contribution in [0.3, 0.4) is 0 Å². The van der Waals surface area contributed by atoms with Crippen molar-refractivity contribution >= 4 is 11.6 Å². The Morgan fingerprint density at radius 3 is 2.47 bits per heavy atom. The van der Waals surface area contributed by atoms with E-state index in [9.17, 15) is 4.79 Å². The molecule has 0 radical (unpaired) electrons. The van der Waals surface area contributed by atoms with Gasteiger partial charge in [-0.15, -0.1) is 0 Å². The first-order valence-corrected chi connectivity index (χ1v) is 5.68. The van der Waals surface area contributed by atoms with Gasteiger partial charge in [-0.3, -0.25) is 4.79 Å². The molecule has 0 bridgehead atoms. The summed E-state index contributed by atoms with van der Waals surface area (Å²) in [7, 11) is 0. The van der Waals surface area contributed by atoms with Gasteiger partial charge in [0.15, 0.2) is 0 Å². The molecule has 17 heavy (non-hydrogen) atoms. The van der Waals surface area contributed by atoms with Crippen molar-refractivity contribution in [2.45, 2.75) is 27.2 Å². The van der Waals surface area contributed by atoms with Crippen molar-refractivity contribution in [3.05, 3.63) is 18.7 Å². The number of nitrogens with zero attached hydrogens (tertiary/aromatic N) is 2. The number of carbonyl (C=O) groups excluding carboxylic acids is 1. The van der Waals surface area contributed by atoms with Crippen LogP contribution in [0.15, 0.2) is 18.7 Å². The van der Waals surface area contributed by atoms with Gasteiger partial charge in [-0.1, -0.05) is 20.8 Å². The lowest BCUT2D eigenvalue weighted by Crippen LogP contribution is -2.32. The second-order valence-corrected chi connectivity index (χ2v) is 5.31. The molecule has 3 N–H and O–H groups in total. The summed E-state index contributed by atoms with van der Waals surface area (Å²) in [6.45, 7) is 6.62. The lowest BCUT2D eigenvalue weighted by molar-refractivity contribution is -0.120. The number of hydrogen-bond donors (Lipinski definition) is 2. The molecule has 5 nitrogen and oxygen atoms in total. The molecular formula is C12H20N4O. The number of amides is 1. The van der Waals surface area contributed by atoms with Gasteiger partial charge in [0.25, 0.3) is 0 Å². The van der Waals surface area contributed by atoms with Gasteiger partial charge in [-0.05, 0) is 11.8 Å². The van der Waals surface area contributed by atoms with Gasteiger partial charge in [-0.2, -0.15) is 0 Å². The largest absolute Gasteiger partial charge is 0.330 e. The number of carbonyl (C=O) groups is 1. The quantitative estimate of drug-likeness (QED) is 0.828. The molecule has 1 aromatic rings. The normalized spacial score (nSPS) is 13.2. The van der Waals surface area contributed by atoms with E-state index in [4.69, 9.17) is 5.73 Å². The Labute approximate surface area is 102 Å². The predicted octanol–water partition coefficient (Wildman–Crippen LogP) is 1.43. The fraction of sp³-hybridized carbons (Fsp3) is 0.583. The van der Waals surface area contributed by atoms with Crippen LogP contribution in [0.4, 0.5) is 5.69 Å². The fourth-order valence-corrected chi connectivity index (χ4v) is 1.63. The van der Waals surface area contributed by atoms with Crippen molar-refractivity contribution in [3.8, 4) is 0 Å². The molecule has 1 unspecified atom stereocenters. The maximum Gasteiger partial charge on any atom is 0.228 e. The van der Waals surface area contributed by atoms with Crippen LogP contribution in [0.5, 0.6) is 0 Å². The van der Waals surface area contributed by atoms with Crippen LogP contribution in [-0.2, 0) is 4.79 Å². The molecule has 1 amide bonds. The maximum atomic E-state index is 12.0. The molecule has 0 aromatic carbocycles. The van der Waals surface area contributed by atoms with Crippen LogP contribution in [0.25, 0.3) is 0 Å². The molecule has 1 rings (SSSR count). The van der Waals surface area contributed by atoms with E-state index < -0.39 is 0 Å². The first-order chi connectivity index (χ1) is 7.92. The summed E-state index contributed by atoms with van der Waals surface area (Å²) in [5.74, 6) is -0.257. The molecule has 0 saturated carbocycles. The van der Waals surface area contributed by atoms with Crippen LogP contribution in [0.2, 0.25) is 0 Å². The average molecular weight is 236 g/mol. The summed E-state index contributed by atoms with van der Waals surface area (Å²) < 4.78 is 0.